The van der Waals surface area contributed by atoms with E-state index >= 15 is 0 Å². The van der Waals surface area contributed by atoms with Crippen molar-refractivity contribution in [1.29, 1.82) is 0 Å². The Balaban J connectivity index is 1.82. The van der Waals surface area contributed by atoms with Crippen LogP contribution in [0.2, 0.25) is 0 Å². The van der Waals surface area contributed by atoms with Crippen molar-refractivity contribution >= 4 is 17.8 Å². The van der Waals surface area contributed by atoms with E-state index in [1.165, 1.54) is 0 Å². The minimum absolute atomic E-state index is 0.0320. The van der Waals surface area contributed by atoms with Gasteiger partial charge in [-0.15, -0.1) is 0 Å². The molecule has 0 bridgehead atoms. The van der Waals surface area contributed by atoms with Crippen molar-refractivity contribution in [3.05, 3.63) is 76.4 Å². The summed E-state index contributed by atoms with van der Waals surface area (Å²) in [4.78, 5) is 35.6. The molecule has 3 atom stereocenters. The maximum absolute atomic E-state index is 13.9. The Morgan fingerprint density at radius 3 is 2.36 bits per heavy atom. The fourth-order valence-corrected chi connectivity index (χ4v) is 5.09. The van der Waals surface area contributed by atoms with Gasteiger partial charge >= 0.3 is 0 Å². The summed E-state index contributed by atoms with van der Waals surface area (Å²) in [5.41, 5.74) is 26.1. The van der Waals surface area contributed by atoms with Gasteiger partial charge in [0.1, 0.15) is 17.8 Å². The van der Waals surface area contributed by atoms with Gasteiger partial charge in [-0.25, -0.2) is 0 Å². The van der Waals surface area contributed by atoms with Crippen LogP contribution in [0.15, 0.2) is 52.0 Å². The number of nitrogens with two attached hydrogens (primary N) is 4. The van der Waals surface area contributed by atoms with Gasteiger partial charge < -0.3 is 43.2 Å². The van der Waals surface area contributed by atoms with Gasteiger partial charge in [-0.2, -0.15) is 4.98 Å². The van der Waals surface area contributed by atoms with Crippen molar-refractivity contribution in [3.63, 3.8) is 0 Å². The summed E-state index contributed by atoms with van der Waals surface area (Å²) in [6.07, 6.45) is 4.51. The second-order valence-corrected chi connectivity index (χ2v) is 11.3. The van der Waals surface area contributed by atoms with Gasteiger partial charge in [-0.1, -0.05) is 48.3 Å². The Labute approximate surface area is 264 Å². The minimum Gasteiger partial charge on any atom is -0.508 e. The normalized spacial score (nSPS) is 13.1. The SMILES string of the molecule is Cc1cc(O)cc(C)c1C[C@@H](NC(=O)[C@@H](N)CCCN=C(N)N)C(=O)N[C@H](CCCCCN)c1nc(Cc2ccccc2)no1. The molecular weight excluding hydrogens is 574 g/mol. The number of aromatic nitrogens is 2. The molecule has 0 fully saturated rings. The number of nitrogens with zero attached hydrogens (tertiary/aromatic N) is 3. The Hall–Kier alpha value is -4.49. The van der Waals surface area contributed by atoms with E-state index in [0.717, 1.165) is 41.5 Å². The number of phenolic OH excluding ortho intramolecular Hbond substituents is 1. The van der Waals surface area contributed by atoms with Gasteiger partial charge in [0, 0.05) is 19.4 Å². The van der Waals surface area contributed by atoms with E-state index in [9.17, 15) is 14.7 Å². The molecule has 2 amide bonds. The predicted octanol–water partition coefficient (Wildman–Crippen LogP) is 1.77. The number of hydrogen-bond donors (Lipinski definition) is 7. The van der Waals surface area contributed by atoms with Crippen LogP contribution in [0, 0.1) is 13.8 Å². The number of unbranched alkanes of at least 4 members (excludes halogenated alkanes) is 2. The third-order valence-corrected chi connectivity index (χ3v) is 7.53. The number of aliphatic imine (C=N–C) groups is 1. The van der Waals surface area contributed by atoms with E-state index in [2.05, 4.69) is 25.8 Å². The highest BCUT2D eigenvalue weighted by Crippen LogP contribution is 2.24. The molecule has 3 rings (SSSR count). The molecule has 0 aliphatic heterocycles. The molecule has 2 aromatic carbocycles. The van der Waals surface area contributed by atoms with Gasteiger partial charge in [0.05, 0.1) is 6.04 Å². The molecule has 244 valence electrons. The molecule has 0 saturated carbocycles. The summed E-state index contributed by atoms with van der Waals surface area (Å²) in [5.74, 6) is -0.00647. The van der Waals surface area contributed by atoms with Crippen molar-refractivity contribution in [2.24, 2.45) is 27.9 Å². The van der Waals surface area contributed by atoms with E-state index in [1.807, 2.05) is 44.2 Å². The van der Waals surface area contributed by atoms with Crippen molar-refractivity contribution in [2.75, 3.05) is 13.1 Å². The van der Waals surface area contributed by atoms with Crippen molar-refractivity contribution in [2.45, 2.75) is 83.3 Å². The number of carbonyl (C=O) groups excluding carboxylic acids is 2. The standard InChI is InChI=1S/C32H47N9O4/c1-20-16-23(42)17-21(2)24(20)19-27(39-29(43)25(34)12-9-15-37-32(35)36)30(44)38-26(13-7-4-8-14-33)31-40-28(41-45-31)18-22-10-5-3-6-11-22/h3,5-6,10-11,16-17,25-27,42H,4,7-9,12-15,18-19,33-34H2,1-2H3,(H,38,44)(H,39,43)(H4,35,36,37)/t25-,26+,27+/m0/s1. The van der Waals surface area contributed by atoms with Crippen LogP contribution in [0.4, 0.5) is 0 Å². The average molecular weight is 622 g/mol. The molecule has 0 aliphatic rings. The van der Waals surface area contributed by atoms with Gasteiger partial charge in [0.15, 0.2) is 11.8 Å². The zero-order valence-electron chi connectivity index (χ0n) is 26.2. The number of aryl methyl sites for hydroxylation is 2. The van der Waals surface area contributed by atoms with Crippen LogP contribution < -0.4 is 33.6 Å². The zero-order chi connectivity index (χ0) is 32.8. The van der Waals surface area contributed by atoms with Crippen molar-refractivity contribution < 1.29 is 19.2 Å². The smallest absolute Gasteiger partial charge is 0.249 e. The van der Waals surface area contributed by atoms with Crippen LogP contribution in [0.1, 0.15) is 78.5 Å². The molecule has 1 heterocycles. The molecule has 13 heteroatoms. The number of nitrogens with one attached hydrogen (secondary N) is 2. The highest BCUT2D eigenvalue weighted by atomic mass is 16.5. The van der Waals surface area contributed by atoms with Gasteiger partial charge in [-0.3, -0.25) is 14.6 Å². The highest BCUT2D eigenvalue weighted by Gasteiger charge is 2.29. The predicted molar refractivity (Wildman–Crippen MR) is 173 cm³/mol. The molecule has 0 unspecified atom stereocenters. The first-order chi connectivity index (χ1) is 21.6. The lowest BCUT2D eigenvalue weighted by Gasteiger charge is -2.24. The van der Waals surface area contributed by atoms with Crippen LogP contribution in [0.3, 0.4) is 0 Å². The molecule has 11 N–H and O–H groups in total. The summed E-state index contributed by atoms with van der Waals surface area (Å²) >= 11 is 0. The second kappa shape index (κ2) is 17.7. The number of benzene rings is 2. The van der Waals surface area contributed by atoms with Gasteiger partial charge in [0.2, 0.25) is 17.7 Å². The third kappa shape index (κ3) is 11.5. The lowest BCUT2D eigenvalue weighted by atomic mass is 9.95. The van der Waals surface area contributed by atoms with Crippen molar-refractivity contribution in [3.8, 4) is 5.75 Å². The summed E-state index contributed by atoms with van der Waals surface area (Å²) in [5, 5.41) is 20.1. The number of guanidine groups is 1. The summed E-state index contributed by atoms with van der Waals surface area (Å²) in [6.45, 7) is 4.61. The number of aromatic hydroxyl groups is 1. The van der Waals surface area contributed by atoms with Crippen LogP contribution >= 0.6 is 0 Å². The topological polar surface area (TPSA) is 234 Å². The van der Waals surface area contributed by atoms with Gasteiger partial charge in [-0.05, 0) is 80.5 Å². The minimum atomic E-state index is -0.971. The number of carbonyl (C=O) groups is 2. The molecule has 0 radical (unpaired) electrons. The quantitative estimate of drug-likeness (QED) is 0.0617. The fourth-order valence-electron chi connectivity index (χ4n) is 5.09. The molecular formula is C32H47N9O4. The lowest BCUT2D eigenvalue weighted by Crippen LogP contribution is -2.53. The summed E-state index contributed by atoms with van der Waals surface area (Å²) in [7, 11) is 0. The molecule has 0 aliphatic carbocycles. The second-order valence-electron chi connectivity index (χ2n) is 11.3. The Morgan fingerprint density at radius 1 is 0.978 bits per heavy atom. The first kappa shape index (κ1) is 35.0. The summed E-state index contributed by atoms with van der Waals surface area (Å²) < 4.78 is 5.63. The molecule has 1 aromatic heterocycles. The van der Waals surface area contributed by atoms with Crippen LogP contribution in [0.5, 0.6) is 5.75 Å². The van der Waals surface area contributed by atoms with E-state index in [-0.39, 0.29) is 18.1 Å². The van der Waals surface area contributed by atoms with E-state index in [4.69, 9.17) is 27.5 Å². The fraction of sp³-hybridized carbons (Fsp3) is 0.469. The highest BCUT2D eigenvalue weighted by molar-refractivity contribution is 5.90. The zero-order valence-corrected chi connectivity index (χ0v) is 26.2. The monoisotopic (exact) mass is 621 g/mol. The molecule has 13 nitrogen and oxygen atoms in total. The molecule has 0 spiro atoms. The maximum Gasteiger partial charge on any atom is 0.249 e. The molecule has 45 heavy (non-hydrogen) atoms. The van der Waals surface area contributed by atoms with Crippen molar-refractivity contribution in [1.82, 2.24) is 20.8 Å². The van der Waals surface area contributed by atoms with E-state index in [0.29, 0.717) is 50.5 Å². The first-order valence-corrected chi connectivity index (χ1v) is 15.3. The largest absolute Gasteiger partial charge is 0.508 e. The van der Waals surface area contributed by atoms with Gasteiger partial charge in [0.25, 0.3) is 0 Å². The number of rotatable bonds is 18. The Bertz CT molecular complexity index is 1380. The third-order valence-electron chi connectivity index (χ3n) is 7.53. The average Bonchev–Trinajstić information content (AvgIpc) is 3.46. The maximum atomic E-state index is 13.9. The van der Waals surface area contributed by atoms with Crippen LogP contribution in [0.25, 0.3) is 0 Å². The van der Waals surface area contributed by atoms with E-state index < -0.39 is 29.9 Å². The number of phenols is 1. The summed E-state index contributed by atoms with van der Waals surface area (Å²) in [6, 6.07) is 10.6. The molecule has 0 saturated heterocycles. The Kier molecular flexibility index (Phi) is 13.8. The first-order valence-electron chi connectivity index (χ1n) is 15.3. The Morgan fingerprint density at radius 2 is 1.69 bits per heavy atom. The van der Waals surface area contributed by atoms with Crippen LogP contribution in [-0.4, -0.2) is 58.2 Å². The number of hydrogen-bond acceptors (Lipinski definition) is 9. The van der Waals surface area contributed by atoms with Crippen LogP contribution in [-0.2, 0) is 22.4 Å². The van der Waals surface area contributed by atoms with E-state index in [1.54, 1.807) is 12.1 Å². The number of amides is 2. The lowest BCUT2D eigenvalue weighted by molar-refractivity contribution is -0.130. The molecule has 3 aromatic rings.